The van der Waals surface area contributed by atoms with Gasteiger partial charge in [0.05, 0.1) is 11.6 Å². The van der Waals surface area contributed by atoms with E-state index in [-0.39, 0.29) is 11.3 Å². The van der Waals surface area contributed by atoms with Crippen LogP contribution in [0.2, 0.25) is 0 Å². The number of carbonyl (C=O) groups excluding carboxylic acids is 2. The minimum Gasteiger partial charge on any atom is -0.507 e. The van der Waals surface area contributed by atoms with Gasteiger partial charge in [-0.05, 0) is 24.6 Å². The van der Waals surface area contributed by atoms with Gasteiger partial charge in [0, 0.05) is 11.3 Å². The van der Waals surface area contributed by atoms with E-state index in [1.807, 2.05) is 67.6 Å². The molecule has 28 heavy (non-hydrogen) atoms. The number of aliphatic hydroxyl groups excluding tert-OH is 1. The number of nitrogens with zero attached hydrogens (tertiary/aromatic N) is 1. The van der Waals surface area contributed by atoms with Crippen LogP contribution in [0.4, 0.5) is 5.69 Å². The fourth-order valence-corrected chi connectivity index (χ4v) is 3.51. The van der Waals surface area contributed by atoms with Gasteiger partial charge in [-0.3, -0.25) is 14.5 Å². The standard InChI is InChI=1S/C24H19NO3/c1-16-12-14-18(15-13-16)22(26)20-21(17-8-4-2-5-9-17)25(24(28)23(20)27)19-10-6-3-7-11-19/h2-15,21,26H,1H3/t21-/m1/s1. The molecule has 0 saturated carbocycles. The van der Waals surface area contributed by atoms with Crippen LogP contribution in [-0.4, -0.2) is 16.8 Å². The maximum absolute atomic E-state index is 12.9. The van der Waals surface area contributed by atoms with Crippen molar-refractivity contribution in [1.29, 1.82) is 0 Å². The number of hydrogen-bond donors (Lipinski definition) is 1. The van der Waals surface area contributed by atoms with E-state index < -0.39 is 17.7 Å². The van der Waals surface area contributed by atoms with E-state index in [4.69, 9.17) is 0 Å². The number of aryl methyl sites for hydroxylation is 1. The van der Waals surface area contributed by atoms with Gasteiger partial charge in [0.2, 0.25) is 0 Å². The molecule has 4 nitrogen and oxygen atoms in total. The molecule has 0 unspecified atom stereocenters. The molecule has 0 aromatic heterocycles. The van der Waals surface area contributed by atoms with E-state index in [2.05, 4.69) is 0 Å². The summed E-state index contributed by atoms with van der Waals surface area (Å²) in [5, 5.41) is 11.0. The van der Waals surface area contributed by atoms with E-state index in [0.717, 1.165) is 11.1 Å². The Morgan fingerprint density at radius 3 is 2.00 bits per heavy atom. The molecule has 4 heteroatoms. The molecule has 3 aromatic rings. The highest BCUT2D eigenvalue weighted by atomic mass is 16.3. The Morgan fingerprint density at radius 2 is 1.39 bits per heavy atom. The highest BCUT2D eigenvalue weighted by Gasteiger charge is 2.46. The second kappa shape index (κ2) is 7.16. The number of ketones is 1. The van der Waals surface area contributed by atoms with Gasteiger partial charge in [-0.1, -0.05) is 78.4 Å². The van der Waals surface area contributed by atoms with E-state index in [0.29, 0.717) is 11.3 Å². The number of aliphatic hydroxyl groups is 1. The van der Waals surface area contributed by atoms with Gasteiger partial charge in [0.1, 0.15) is 5.76 Å². The van der Waals surface area contributed by atoms with Gasteiger partial charge < -0.3 is 5.11 Å². The van der Waals surface area contributed by atoms with E-state index in [9.17, 15) is 14.7 Å². The average molecular weight is 369 g/mol. The lowest BCUT2D eigenvalue weighted by molar-refractivity contribution is -0.132. The van der Waals surface area contributed by atoms with Gasteiger partial charge in [-0.15, -0.1) is 0 Å². The molecule has 1 fully saturated rings. The lowest BCUT2D eigenvalue weighted by Crippen LogP contribution is -2.29. The van der Waals surface area contributed by atoms with Gasteiger partial charge in [0.25, 0.3) is 11.7 Å². The van der Waals surface area contributed by atoms with Crippen LogP contribution in [0.1, 0.15) is 22.7 Å². The average Bonchev–Trinajstić information content (AvgIpc) is 3.00. The summed E-state index contributed by atoms with van der Waals surface area (Å²) in [5.74, 6) is -1.49. The highest BCUT2D eigenvalue weighted by molar-refractivity contribution is 6.51. The molecule has 1 N–H and O–H groups in total. The maximum Gasteiger partial charge on any atom is 0.300 e. The minimum absolute atomic E-state index is 0.101. The summed E-state index contributed by atoms with van der Waals surface area (Å²) in [4.78, 5) is 27.3. The molecule has 0 radical (unpaired) electrons. The first-order valence-electron chi connectivity index (χ1n) is 9.06. The number of anilines is 1. The van der Waals surface area contributed by atoms with Gasteiger partial charge in [0.15, 0.2) is 0 Å². The molecule has 1 aliphatic rings. The summed E-state index contributed by atoms with van der Waals surface area (Å²) in [6.07, 6.45) is 0. The van der Waals surface area contributed by atoms with Crippen molar-refractivity contribution in [3.63, 3.8) is 0 Å². The summed E-state index contributed by atoms with van der Waals surface area (Å²) >= 11 is 0. The summed E-state index contributed by atoms with van der Waals surface area (Å²) in [6.45, 7) is 1.95. The lowest BCUT2D eigenvalue weighted by Gasteiger charge is -2.25. The van der Waals surface area contributed by atoms with Crippen LogP contribution >= 0.6 is 0 Å². The molecule has 0 aliphatic carbocycles. The van der Waals surface area contributed by atoms with E-state index >= 15 is 0 Å². The smallest absolute Gasteiger partial charge is 0.300 e. The van der Waals surface area contributed by atoms with Crippen molar-refractivity contribution < 1.29 is 14.7 Å². The largest absolute Gasteiger partial charge is 0.507 e. The van der Waals surface area contributed by atoms with Crippen molar-refractivity contribution in [3.05, 3.63) is 107 Å². The SMILES string of the molecule is Cc1ccc(C(O)=C2C(=O)C(=O)N(c3ccccc3)[C@@H]2c2ccccc2)cc1. The molecule has 0 bridgehead atoms. The van der Waals surface area contributed by atoms with Crippen LogP contribution in [0.5, 0.6) is 0 Å². The number of hydrogen-bond acceptors (Lipinski definition) is 3. The third-order valence-corrected chi connectivity index (χ3v) is 4.92. The van der Waals surface area contributed by atoms with Crippen LogP contribution in [0, 0.1) is 6.92 Å². The molecule has 138 valence electrons. The monoisotopic (exact) mass is 369 g/mol. The Labute approximate surface area is 163 Å². The number of para-hydroxylation sites is 1. The van der Waals surface area contributed by atoms with Crippen molar-refractivity contribution in [3.8, 4) is 0 Å². The first-order valence-corrected chi connectivity index (χ1v) is 9.06. The molecule has 1 aliphatic heterocycles. The third kappa shape index (κ3) is 2.99. The third-order valence-electron chi connectivity index (χ3n) is 4.92. The quantitative estimate of drug-likeness (QED) is 0.416. The molecule has 1 saturated heterocycles. The number of benzene rings is 3. The van der Waals surface area contributed by atoms with Crippen molar-refractivity contribution >= 4 is 23.1 Å². The molecule has 1 amide bonds. The topological polar surface area (TPSA) is 57.6 Å². The van der Waals surface area contributed by atoms with Crippen LogP contribution < -0.4 is 4.90 Å². The van der Waals surface area contributed by atoms with Gasteiger partial charge >= 0.3 is 0 Å². The maximum atomic E-state index is 12.9. The fourth-order valence-electron chi connectivity index (χ4n) is 3.51. The van der Waals surface area contributed by atoms with Crippen LogP contribution in [0.3, 0.4) is 0 Å². The Morgan fingerprint density at radius 1 is 0.821 bits per heavy atom. The predicted octanol–water partition coefficient (Wildman–Crippen LogP) is 4.62. The predicted molar refractivity (Wildman–Crippen MR) is 109 cm³/mol. The van der Waals surface area contributed by atoms with Gasteiger partial charge in [-0.25, -0.2) is 0 Å². The minimum atomic E-state index is -0.690. The summed E-state index contributed by atoms with van der Waals surface area (Å²) in [5.41, 5.74) is 3.03. The molecule has 1 heterocycles. The normalized spacial score (nSPS) is 18.5. The molecular formula is C24H19NO3. The Hall–Kier alpha value is -3.66. The van der Waals surface area contributed by atoms with Gasteiger partial charge in [-0.2, -0.15) is 0 Å². The zero-order chi connectivity index (χ0) is 19.7. The second-order valence-electron chi connectivity index (χ2n) is 6.78. The van der Waals surface area contributed by atoms with Crippen LogP contribution in [-0.2, 0) is 9.59 Å². The number of rotatable bonds is 3. The molecule has 3 aromatic carbocycles. The van der Waals surface area contributed by atoms with Crippen molar-refractivity contribution in [2.75, 3.05) is 4.90 Å². The lowest BCUT2D eigenvalue weighted by atomic mass is 9.95. The summed E-state index contributed by atoms with van der Waals surface area (Å²) in [7, 11) is 0. The number of carbonyl (C=O) groups is 2. The zero-order valence-electron chi connectivity index (χ0n) is 15.4. The fraction of sp³-hybridized carbons (Fsp3) is 0.0833. The molecule has 4 rings (SSSR count). The Balaban J connectivity index is 1.94. The first-order chi connectivity index (χ1) is 13.6. The highest BCUT2D eigenvalue weighted by Crippen LogP contribution is 2.41. The zero-order valence-corrected chi connectivity index (χ0v) is 15.4. The van der Waals surface area contributed by atoms with Crippen LogP contribution in [0.15, 0.2) is 90.5 Å². The van der Waals surface area contributed by atoms with Crippen LogP contribution in [0.25, 0.3) is 5.76 Å². The Bertz CT molecular complexity index is 1050. The Kier molecular flexibility index (Phi) is 4.53. The summed E-state index contributed by atoms with van der Waals surface area (Å²) < 4.78 is 0. The summed E-state index contributed by atoms with van der Waals surface area (Å²) in [6, 6.07) is 24.9. The molecular weight excluding hydrogens is 350 g/mol. The first kappa shape index (κ1) is 17.7. The van der Waals surface area contributed by atoms with E-state index in [1.54, 1.807) is 24.3 Å². The second-order valence-corrected chi connectivity index (χ2v) is 6.78. The van der Waals surface area contributed by atoms with E-state index in [1.165, 1.54) is 4.90 Å². The molecule has 0 spiro atoms. The van der Waals surface area contributed by atoms with Crippen molar-refractivity contribution in [1.82, 2.24) is 0 Å². The van der Waals surface area contributed by atoms with Crippen molar-refractivity contribution in [2.24, 2.45) is 0 Å². The number of Topliss-reactive ketones (excluding diaryl/α,β-unsaturated/α-hetero) is 1. The number of amides is 1. The van der Waals surface area contributed by atoms with Crippen molar-refractivity contribution in [2.45, 2.75) is 13.0 Å². The molecule has 1 atom stereocenters.